The third-order valence-electron chi connectivity index (χ3n) is 2.49. The minimum Gasteiger partial charge on any atom is -0.497 e. The van der Waals surface area contributed by atoms with Gasteiger partial charge in [0.15, 0.2) is 6.61 Å². The summed E-state index contributed by atoms with van der Waals surface area (Å²) in [6.07, 6.45) is 1.61. The zero-order valence-electron chi connectivity index (χ0n) is 11.0. The number of carbonyl (C=O) groups is 1. The largest absolute Gasteiger partial charge is 0.497 e. The average Bonchev–Trinajstić information content (AvgIpc) is 2.45. The molecule has 1 N–H and O–H groups in total. The first kappa shape index (κ1) is 15.0. The van der Waals surface area contributed by atoms with Gasteiger partial charge in [-0.15, -0.1) is 6.58 Å². The van der Waals surface area contributed by atoms with Crippen molar-refractivity contribution in [1.29, 1.82) is 0 Å². The van der Waals surface area contributed by atoms with Crippen LogP contribution in [0.3, 0.4) is 0 Å². The van der Waals surface area contributed by atoms with Crippen molar-refractivity contribution in [3.05, 3.63) is 36.9 Å². The molecule has 104 valence electrons. The van der Waals surface area contributed by atoms with Gasteiger partial charge in [0.2, 0.25) is 0 Å². The summed E-state index contributed by atoms with van der Waals surface area (Å²) in [6.45, 7) is 4.09. The van der Waals surface area contributed by atoms with Crippen molar-refractivity contribution in [2.24, 2.45) is 0 Å². The molecule has 0 aliphatic rings. The first-order valence-corrected chi connectivity index (χ1v) is 5.97. The zero-order valence-corrected chi connectivity index (χ0v) is 11.0. The van der Waals surface area contributed by atoms with Gasteiger partial charge in [0.1, 0.15) is 11.5 Å². The van der Waals surface area contributed by atoms with Crippen LogP contribution in [-0.2, 0) is 4.79 Å². The Bertz CT molecular complexity index is 402. The molecular weight excluding hydrogens is 246 g/mol. The number of ether oxygens (including phenoxy) is 2. The number of hydrogen-bond acceptors (Lipinski definition) is 4. The lowest BCUT2D eigenvalue weighted by Crippen LogP contribution is -2.37. The third kappa shape index (κ3) is 5.01. The Morgan fingerprint density at radius 1 is 1.37 bits per heavy atom. The standard InChI is InChI=1S/C14H19NO4/c1-3-8-15(9-10-16)14(17)11-19-13-6-4-12(18-2)5-7-13/h3-7,16H,1,8-11H2,2H3. The van der Waals surface area contributed by atoms with Gasteiger partial charge in [-0.05, 0) is 24.3 Å². The normalized spacial score (nSPS) is 9.79. The molecule has 0 saturated heterocycles. The number of aliphatic hydroxyl groups excluding tert-OH is 1. The Hall–Kier alpha value is -2.01. The van der Waals surface area contributed by atoms with Crippen LogP contribution in [0.4, 0.5) is 0 Å². The molecule has 0 aliphatic heterocycles. The van der Waals surface area contributed by atoms with E-state index in [0.29, 0.717) is 12.3 Å². The molecule has 0 bridgehead atoms. The van der Waals surface area contributed by atoms with Gasteiger partial charge in [-0.3, -0.25) is 4.79 Å². The van der Waals surface area contributed by atoms with Gasteiger partial charge >= 0.3 is 0 Å². The number of methoxy groups -OCH3 is 1. The molecule has 1 rings (SSSR count). The second-order valence-corrected chi connectivity index (χ2v) is 3.82. The van der Waals surface area contributed by atoms with Gasteiger partial charge in [0, 0.05) is 13.1 Å². The Morgan fingerprint density at radius 3 is 2.53 bits per heavy atom. The molecular formula is C14H19NO4. The second kappa shape index (κ2) is 8.16. The Morgan fingerprint density at radius 2 is 2.00 bits per heavy atom. The number of benzene rings is 1. The van der Waals surface area contributed by atoms with Crippen molar-refractivity contribution >= 4 is 5.91 Å². The van der Waals surface area contributed by atoms with Gasteiger partial charge in [0.25, 0.3) is 5.91 Å². The Kier molecular flexibility index (Phi) is 6.46. The van der Waals surface area contributed by atoms with Crippen LogP contribution in [0.25, 0.3) is 0 Å². The summed E-state index contributed by atoms with van der Waals surface area (Å²) in [7, 11) is 1.58. The lowest BCUT2D eigenvalue weighted by molar-refractivity contribution is -0.133. The van der Waals surface area contributed by atoms with E-state index in [9.17, 15) is 4.79 Å². The molecule has 0 aliphatic carbocycles. The van der Waals surface area contributed by atoms with E-state index in [1.165, 1.54) is 4.90 Å². The average molecular weight is 265 g/mol. The highest BCUT2D eigenvalue weighted by Gasteiger charge is 2.12. The number of rotatable bonds is 8. The SMILES string of the molecule is C=CCN(CCO)C(=O)COc1ccc(OC)cc1. The summed E-state index contributed by atoms with van der Waals surface area (Å²) in [5.41, 5.74) is 0. The van der Waals surface area contributed by atoms with Crippen LogP contribution in [0, 0.1) is 0 Å². The Labute approximate surface area is 113 Å². The predicted octanol–water partition coefficient (Wildman–Crippen LogP) is 1.08. The molecule has 0 radical (unpaired) electrons. The molecule has 0 unspecified atom stereocenters. The van der Waals surface area contributed by atoms with Crippen LogP contribution in [-0.4, -0.2) is 49.3 Å². The highest BCUT2D eigenvalue weighted by atomic mass is 16.5. The van der Waals surface area contributed by atoms with Crippen molar-refractivity contribution in [3.63, 3.8) is 0 Å². The maximum Gasteiger partial charge on any atom is 0.260 e. The van der Waals surface area contributed by atoms with Gasteiger partial charge < -0.3 is 19.5 Å². The molecule has 1 amide bonds. The summed E-state index contributed by atoms with van der Waals surface area (Å²) in [4.78, 5) is 13.3. The smallest absolute Gasteiger partial charge is 0.260 e. The topological polar surface area (TPSA) is 59.0 Å². The highest BCUT2D eigenvalue weighted by molar-refractivity contribution is 5.77. The molecule has 5 heteroatoms. The predicted molar refractivity (Wildman–Crippen MR) is 72.4 cm³/mol. The lowest BCUT2D eigenvalue weighted by Gasteiger charge is -2.20. The minimum atomic E-state index is -0.190. The van der Waals surface area contributed by atoms with E-state index in [0.717, 1.165) is 5.75 Å². The molecule has 1 aromatic carbocycles. The monoisotopic (exact) mass is 265 g/mol. The fourth-order valence-corrected chi connectivity index (χ4v) is 1.50. The van der Waals surface area contributed by atoms with E-state index in [2.05, 4.69) is 6.58 Å². The van der Waals surface area contributed by atoms with E-state index in [4.69, 9.17) is 14.6 Å². The van der Waals surface area contributed by atoms with E-state index in [1.807, 2.05) is 0 Å². The molecule has 0 atom stereocenters. The summed E-state index contributed by atoms with van der Waals surface area (Å²) < 4.78 is 10.4. The summed E-state index contributed by atoms with van der Waals surface area (Å²) >= 11 is 0. The van der Waals surface area contributed by atoms with E-state index in [1.54, 1.807) is 37.5 Å². The van der Waals surface area contributed by atoms with Crippen LogP contribution < -0.4 is 9.47 Å². The maximum atomic E-state index is 11.8. The van der Waals surface area contributed by atoms with Crippen molar-refractivity contribution in [2.45, 2.75) is 0 Å². The summed E-state index contributed by atoms with van der Waals surface area (Å²) in [6, 6.07) is 6.98. The molecule has 1 aromatic rings. The van der Waals surface area contributed by atoms with Gasteiger partial charge in [-0.25, -0.2) is 0 Å². The summed E-state index contributed by atoms with van der Waals surface area (Å²) in [5.74, 6) is 1.13. The van der Waals surface area contributed by atoms with Crippen LogP contribution >= 0.6 is 0 Å². The highest BCUT2D eigenvalue weighted by Crippen LogP contribution is 2.16. The number of hydrogen-bond donors (Lipinski definition) is 1. The number of amides is 1. The maximum absolute atomic E-state index is 11.8. The van der Waals surface area contributed by atoms with E-state index in [-0.39, 0.29) is 25.7 Å². The second-order valence-electron chi connectivity index (χ2n) is 3.82. The van der Waals surface area contributed by atoms with Crippen molar-refractivity contribution in [3.8, 4) is 11.5 Å². The molecule has 19 heavy (non-hydrogen) atoms. The number of nitrogens with zero attached hydrogens (tertiary/aromatic N) is 1. The van der Waals surface area contributed by atoms with Gasteiger partial charge in [0.05, 0.1) is 13.7 Å². The van der Waals surface area contributed by atoms with Crippen LogP contribution in [0.1, 0.15) is 0 Å². The van der Waals surface area contributed by atoms with Crippen molar-refractivity contribution in [2.75, 3.05) is 33.4 Å². The molecule has 0 heterocycles. The summed E-state index contributed by atoms with van der Waals surface area (Å²) in [5, 5.41) is 8.87. The van der Waals surface area contributed by atoms with Crippen molar-refractivity contribution < 1.29 is 19.4 Å². The Balaban J connectivity index is 2.49. The fraction of sp³-hybridized carbons (Fsp3) is 0.357. The molecule has 0 saturated carbocycles. The van der Waals surface area contributed by atoms with E-state index < -0.39 is 0 Å². The fourth-order valence-electron chi connectivity index (χ4n) is 1.50. The van der Waals surface area contributed by atoms with Gasteiger partial charge in [-0.2, -0.15) is 0 Å². The van der Waals surface area contributed by atoms with Crippen molar-refractivity contribution in [1.82, 2.24) is 4.90 Å². The van der Waals surface area contributed by atoms with Crippen LogP contribution in [0.5, 0.6) is 11.5 Å². The number of carbonyl (C=O) groups excluding carboxylic acids is 1. The molecule has 0 fully saturated rings. The zero-order chi connectivity index (χ0) is 14.1. The first-order chi connectivity index (χ1) is 9.21. The minimum absolute atomic E-state index is 0.0693. The van der Waals surface area contributed by atoms with E-state index >= 15 is 0 Å². The van der Waals surface area contributed by atoms with Crippen LogP contribution in [0.15, 0.2) is 36.9 Å². The quantitative estimate of drug-likeness (QED) is 0.715. The molecule has 0 aromatic heterocycles. The van der Waals surface area contributed by atoms with Gasteiger partial charge in [-0.1, -0.05) is 6.08 Å². The third-order valence-corrected chi connectivity index (χ3v) is 2.49. The lowest BCUT2D eigenvalue weighted by atomic mass is 10.3. The van der Waals surface area contributed by atoms with Crippen LogP contribution in [0.2, 0.25) is 0 Å². The molecule has 5 nitrogen and oxygen atoms in total. The molecule has 0 spiro atoms. The first-order valence-electron chi connectivity index (χ1n) is 5.97. The number of aliphatic hydroxyl groups is 1.